The molecular formula is C24H19ClN6O15S5. The fourth-order valence-corrected chi connectivity index (χ4v) is 7.15. The van der Waals surface area contributed by atoms with Crippen LogP contribution in [-0.2, 0) is 53.6 Å². The van der Waals surface area contributed by atoms with Crippen molar-refractivity contribution in [3.05, 3.63) is 47.2 Å². The molecule has 1 heterocycles. The molecule has 1 atom stereocenters. The number of aliphatic carboxylic acids is 1. The van der Waals surface area contributed by atoms with Crippen molar-refractivity contribution < 1.29 is 71.0 Å². The van der Waals surface area contributed by atoms with E-state index in [9.17, 15) is 31.9 Å². The molecule has 1 unspecified atom stereocenters. The Morgan fingerprint density at radius 2 is 1.78 bits per heavy atom. The number of hydrogen-bond acceptors (Lipinski definition) is 22. The summed E-state index contributed by atoms with van der Waals surface area (Å²) < 4.78 is 61.5. The lowest BCUT2D eigenvalue weighted by atomic mass is 10.1. The van der Waals surface area contributed by atoms with Gasteiger partial charge in [-0.1, -0.05) is 21.8 Å². The molecule has 6 N–H and O–H groups in total. The number of Topliss-reactive ketones (excluding diaryl/α,β-unsaturated/α-hetero) is 1. The summed E-state index contributed by atoms with van der Waals surface area (Å²) in [5, 5.41) is 53.9. The van der Waals surface area contributed by atoms with Gasteiger partial charge in [-0.3, -0.25) is 14.1 Å². The van der Waals surface area contributed by atoms with Crippen LogP contribution in [0.1, 0.15) is 10.4 Å². The third-order valence-corrected chi connectivity index (χ3v) is 9.94. The van der Waals surface area contributed by atoms with Crippen LogP contribution in [0, 0.1) is 0 Å². The van der Waals surface area contributed by atoms with E-state index in [1.165, 1.54) is 31.4 Å². The summed E-state index contributed by atoms with van der Waals surface area (Å²) in [5.74, 6) is -4.31. The summed E-state index contributed by atoms with van der Waals surface area (Å²) in [5.41, 5.74) is -0.773. The van der Waals surface area contributed by atoms with Crippen molar-refractivity contribution in [2.75, 3.05) is 23.9 Å². The third kappa shape index (κ3) is 10.3. The number of hydrogen-bond donors (Lipinski definition) is 6. The van der Waals surface area contributed by atoms with Crippen LogP contribution >= 0.6 is 35.4 Å². The highest BCUT2D eigenvalue weighted by Gasteiger charge is 2.26. The first kappa shape index (κ1) is 39.9. The van der Waals surface area contributed by atoms with Crippen molar-refractivity contribution in [1.82, 2.24) is 15.0 Å². The van der Waals surface area contributed by atoms with E-state index in [0.29, 0.717) is 11.8 Å². The van der Waals surface area contributed by atoms with Gasteiger partial charge in [-0.15, -0.1) is 18.9 Å². The van der Waals surface area contributed by atoms with Crippen molar-refractivity contribution in [2.45, 2.75) is 14.9 Å². The zero-order valence-corrected chi connectivity index (χ0v) is 29.7. The predicted octanol–water partition coefficient (Wildman–Crippen LogP) is 4.67. The van der Waals surface area contributed by atoms with E-state index in [4.69, 9.17) is 32.0 Å². The van der Waals surface area contributed by atoms with E-state index in [1.54, 1.807) is 0 Å². The van der Waals surface area contributed by atoms with Crippen LogP contribution in [0.4, 0.5) is 23.0 Å². The largest absolute Gasteiger partial charge is 0.505 e. The topological polar surface area (TPSA) is 308 Å². The lowest BCUT2D eigenvalue weighted by Gasteiger charge is -2.15. The van der Waals surface area contributed by atoms with Crippen LogP contribution in [0.3, 0.4) is 0 Å². The Hall–Kier alpha value is -3.90. The van der Waals surface area contributed by atoms with Gasteiger partial charge in [0.05, 0.1) is 35.5 Å². The van der Waals surface area contributed by atoms with Gasteiger partial charge in [-0.25, -0.2) is 14.7 Å². The van der Waals surface area contributed by atoms with E-state index >= 15 is 0 Å². The van der Waals surface area contributed by atoms with Crippen LogP contribution in [0.5, 0.6) is 11.5 Å². The van der Waals surface area contributed by atoms with Gasteiger partial charge in [0.2, 0.25) is 11.2 Å². The highest BCUT2D eigenvalue weighted by atomic mass is 35.5. The zero-order valence-electron chi connectivity index (χ0n) is 24.9. The maximum Gasteiger partial charge on any atom is 0.313 e. The van der Waals surface area contributed by atoms with Gasteiger partial charge in [0.1, 0.15) is 27.8 Å². The van der Waals surface area contributed by atoms with E-state index < -0.39 is 52.8 Å². The molecule has 0 aliphatic heterocycles. The average molecular weight is 827 g/mol. The second-order valence-corrected chi connectivity index (χ2v) is 15.6. The molecule has 51 heavy (non-hydrogen) atoms. The van der Waals surface area contributed by atoms with E-state index in [0.717, 1.165) is 12.1 Å². The summed E-state index contributed by atoms with van der Waals surface area (Å²) in [4.78, 5) is 34.1. The maximum absolute atomic E-state index is 12.7. The number of ether oxygens (including phenoxy) is 1. The second-order valence-electron chi connectivity index (χ2n) is 9.18. The molecule has 0 saturated carbocycles. The quantitative estimate of drug-likeness (QED) is 0.0160. The van der Waals surface area contributed by atoms with Gasteiger partial charge in [0.15, 0.2) is 25.5 Å². The molecule has 21 nitrogen and oxygen atoms in total. The van der Waals surface area contributed by atoms with Gasteiger partial charge in [0.25, 0.3) is 10.1 Å². The molecule has 3 aromatic carbocycles. The Morgan fingerprint density at radius 3 is 2.43 bits per heavy atom. The van der Waals surface area contributed by atoms with Crippen LogP contribution in [0.15, 0.2) is 61.6 Å². The molecule has 272 valence electrons. The highest BCUT2D eigenvalue weighted by molar-refractivity contribution is 8.30. The molecule has 0 aliphatic carbocycles. The van der Waals surface area contributed by atoms with Crippen LogP contribution in [-0.4, -0.2) is 83.2 Å². The SMILES string of the molecule is COc1cc(C(=O)CS(=O)(=S)OOO)ccc1N=Nc1c(SOOO)cc2c(S(=O)(=O)O)c(Nc3nc(Cl)nc(SCC(=O)O)n3)ccc2c1O. The van der Waals surface area contributed by atoms with E-state index in [-0.39, 0.29) is 72.5 Å². The first-order valence-corrected chi connectivity index (χ1v) is 19.0. The highest BCUT2D eigenvalue weighted by Crippen LogP contribution is 2.47. The molecule has 0 radical (unpaired) electrons. The number of nitrogens with one attached hydrogen (secondary N) is 1. The van der Waals surface area contributed by atoms with Gasteiger partial charge >= 0.3 is 5.97 Å². The van der Waals surface area contributed by atoms with Gasteiger partial charge in [-0.2, -0.15) is 23.4 Å². The minimum atomic E-state index is -5.12. The van der Waals surface area contributed by atoms with Gasteiger partial charge < -0.3 is 20.3 Å². The number of rotatable bonds is 17. The number of benzene rings is 3. The maximum atomic E-state index is 12.7. The van der Waals surface area contributed by atoms with Crippen molar-refractivity contribution in [3.8, 4) is 11.5 Å². The molecule has 0 bridgehead atoms. The van der Waals surface area contributed by atoms with Gasteiger partial charge in [-0.05, 0) is 48.0 Å². The Morgan fingerprint density at radius 1 is 1.04 bits per heavy atom. The number of azo groups is 1. The molecule has 0 spiro atoms. The number of methoxy groups -OCH3 is 1. The molecule has 4 aromatic rings. The number of aromatic hydroxyl groups is 1. The Labute approximate surface area is 303 Å². The lowest BCUT2D eigenvalue weighted by Crippen LogP contribution is -2.17. The Kier molecular flexibility index (Phi) is 13.4. The normalized spacial score (nSPS) is 13.0. The molecule has 1 aromatic heterocycles. The van der Waals surface area contributed by atoms with E-state index in [2.05, 4.69) is 60.4 Å². The number of carbonyl (C=O) groups is 2. The molecule has 27 heteroatoms. The number of nitrogens with zero attached hydrogens (tertiary/aromatic N) is 5. The fraction of sp³-hybridized carbons (Fsp3) is 0.125. The number of phenolic OH excluding ortho intramolecular Hbond substituents is 1. The number of carbonyl (C=O) groups excluding carboxylic acids is 1. The van der Waals surface area contributed by atoms with Crippen LogP contribution in [0.25, 0.3) is 10.8 Å². The predicted molar refractivity (Wildman–Crippen MR) is 179 cm³/mol. The monoisotopic (exact) mass is 826 g/mol. The number of carboxylic acid groups (broad SMARTS) is 1. The molecule has 0 aliphatic rings. The fourth-order valence-electron chi connectivity index (χ4n) is 4.03. The zero-order chi connectivity index (χ0) is 37.5. The number of halogens is 1. The Bertz CT molecular complexity index is 2250. The minimum absolute atomic E-state index is 0.0204. The number of fused-ring (bicyclic) bond motifs is 1. The minimum Gasteiger partial charge on any atom is -0.505 e. The number of aromatic nitrogens is 3. The standard InChI is InChI=1S/C24H19ClN6O15S5/c1-42-16-6-10(15(32)9-50(38,47)46-44-37)2-4-13(16)30-31-19-17(49-45-43-36)7-12-11(20(19)35)3-5-14(21(12)51(39,40)41)26-23-27-22(25)28-24(29-23)48-8-18(33)34/h2-7,35-37H,8-9H2,1H3,(H,33,34)(H,39,40,41)(H,26,27,28,29). The van der Waals surface area contributed by atoms with Crippen LogP contribution in [0.2, 0.25) is 5.28 Å². The third-order valence-electron chi connectivity index (χ3n) is 5.96. The number of carboxylic acids is 1. The molecule has 0 fully saturated rings. The van der Waals surface area contributed by atoms with E-state index in [1.807, 2.05) is 0 Å². The van der Waals surface area contributed by atoms with Crippen molar-refractivity contribution in [1.29, 1.82) is 0 Å². The first-order chi connectivity index (χ1) is 24.1. The lowest BCUT2D eigenvalue weighted by molar-refractivity contribution is -0.435. The van der Waals surface area contributed by atoms with Gasteiger partial charge in [0, 0.05) is 27.5 Å². The molecular weight excluding hydrogens is 808 g/mol. The Balaban J connectivity index is 1.80. The summed E-state index contributed by atoms with van der Waals surface area (Å²) in [6.45, 7) is 0. The smallest absolute Gasteiger partial charge is 0.313 e. The summed E-state index contributed by atoms with van der Waals surface area (Å²) in [6.07, 6.45) is 0. The first-order valence-electron chi connectivity index (χ1n) is 12.9. The number of thioether (sulfide) groups is 1. The average Bonchev–Trinajstić information content (AvgIpc) is 3.04. The van der Waals surface area contributed by atoms with Crippen molar-refractivity contribution >= 4 is 111 Å². The summed E-state index contributed by atoms with van der Waals surface area (Å²) in [6, 6.07) is 7.13. The van der Waals surface area contributed by atoms with Crippen molar-refractivity contribution in [2.24, 2.45) is 10.2 Å². The molecule has 0 saturated heterocycles. The summed E-state index contributed by atoms with van der Waals surface area (Å²) >= 11 is 11.4. The number of anilines is 2. The molecule has 4 rings (SSSR count). The number of ketones is 1. The second kappa shape index (κ2) is 17.1. The van der Waals surface area contributed by atoms with Crippen LogP contribution < -0.4 is 10.1 Å². The number of phenols is 1. The van der Waals surface area contributed by atoms with Crippen molar-refractivity contribution in [3.63, 3.8) is 0 Å². The summed E-state index contributed by atoms with van der Waals surface area (Å²) in [7, 11) is -7.65. The molecule has 0 amide bonds.